The summed E-state index contributed by atoms with van der Waals surface area (Å²) in [6, 6.07) is 0. The quantitative estimate of drug-likeness (QED) is 0.593. The van der Waals surface area contributed by atoms with Gasteiger partial charge in [-0.15, -0.1) is 0 Å². The standard InChI is InChI=1S/C16H30N2O/c1-4-5-6-7-8-9-10-11-12-18-16(2,3)15-17-13-14-19-15/h13-14,18H,4-12H2,1-3H3. The minimum absolute atomic E-state index is 0.162. The smallest absolute Gasteiger partial charge is 0.213 e. The Hall–Kier alpha value is -0.830. The molecule has 3 heteroatoms. The first-order valence-electron chi connectivity index (χ1n) is 7.82. The number of aromatic nitrogens is 1. The summed E-state index contributed by atoms with van der Waals surface area (Å²) >= 11 is 0. The molecule has 0 saturated heterocycles. The monoisotopic (exact) mass is 266 g/mol. The summed E-state index contributed by atoms with van der Waals surface area (Å²) in [7, 11) is 0. The molecule has 1 aromatic rings. The number of nitrogens with zero attached hydrogens (tertiary/aromatic N) is 1. The first kappa shape index (κ1) is 16.2. The Balaban J connectivity index is 1.99. The van der Waals surface area contributed by atoms with Crippen molar-refractivity contribution in [1.29, 1.82) is 0 Å². The van der Waals surface area contributed by atoms with E-state index < -0.39 is 0 Å². The average Bonchev–Trinajstić information content (AvgIpc) is 2.91. The number of oxazole rings is 1. The van der Waals surface area contributed by atoms with Crippen molar-refractivity contribution in [2.75, 3.05) is 6.54 Å². The van der Waals surface area contributed by atoms with E-state index in [1.54, 1.807) is 12.5 Å². The van der Waals surface area contributed by atoms with Gasteiger partial charge in [0, 0.05) is 0 Å². The number of unbranched alkanes of at least 4 members (excludes halogenated alkanes) is 7. The lowest BCUT2D eigenvalue weighted by Crippen LogP contribution is -2.37. The van der Waals surface area contributed by atoms with Crippen molar-refractivity contribution in [2.24, 2.45) is 0 Å². The van der Waals surface area contributed by atoms with Gasteiger partial charge in [-0.05, 0) is 26.8 Å². The number of hydrogen-bond donors (Lipinski definition) is 1. The van der Waals surface area contributed by atoms with Crippen LogP contribution in [-0.4, -0.2) is 11.5 Å². The van der Waals surface area contributed by atoms with Crippen LogP contribution in [-0.2, 0) is 5.54 Å². The molecule has 0 radical (unpaired) electrons. The molecule has 19 heavy (non-hydrogen) atoms. The Kier molecular flexibility index (Phi) is 7.80. The Bertz CT molecular complexity index is 307. The van der Waals surface area contributed by atoms with Gasteiger partial charge in [0.25, 0.3) is 0 Å². The molecule has 1 heterocycles. The zero-order chi connectivity index (χ0) is 14.0. The predicted molar refractivity (Wildman–Crippen MR) is 80.1 cm³/mol. The molecular formula is C16H30N2O. The molecular weight excluding hydrogens is 236 g/mol. The third-order valence-corrected chi connectivity index (χ3v) is 3.56. The van der Waals surface area contributed by atoms with Gasteiger partial charge < -0.3 is 9.73 Å². The summed E-state index contributed by atoms with van der Waals surface area (Å²) < 4.78 is 5.36. The van der Waals surface area contributed by atoms with Crippen LogP contribution in [0.2, 0.25) is 0 Å². The molecule has 1 N–H and O–H groups in total. The molecule has 1 rings (SSSR count). The fraction of sp³-hybridized carbons (Fsp3) is 0.812. The van der Waals surface area contributed by atoms with Crippen LogP contribution in [0.5, 0.6) is 0 Å². The molecule has 0 fully saturated rings. The Labute approximate surface area is 118 Å². The maximum absolute atomic E-state index is 5.36. The summed E-state index contributed by atoms with van der Waals surface area (Å²) in [6.45, 7) is 7.53. The van der Waals surface area contributed by atoms with Crippen LogP contribution in [0.15, 0.2) is 16.9 Å². The Morgan fingerprint density at radius 1 is 1.05 bits per heavy atom. The lowest BCUT2D eigenvalue weighted by atomic mass is 10.0. The molecule has 0 spiro atoms. The van der Waals surface area contributed by atoms with Crippen molar-refractivity contribution in [3.05, 3.63) is 18.4 Å². The summed E-state index contributed by atoms with van der Waals surface area (Å²) in [5.74, 6) is 0.770. The third-order valence-electron chi connectivity index (χ3n) is 3.56. The van der Waals surface area contributed by atoms with Crippen molar-refractivity contribution in [3.8, 4) is 0 Å². The highest BCUT2D eigenvalue weighted by Gasteiger charge is 2.23. The molecule has 0 aliphatic carbocycles. The molecule has 0 bridgehead atoms. The Morgan fingerprint density at radius 2 is 1.68 bits per heavy atom. The molecule has 0 unspecified atom stereocenters. The van der Waals surface area contributed by atoms with Gasteiger partial charge >= 0.3 is 0 Å². The summed E-state index contributed by atoms with van der Waals surface area (Å²) in [5, 5.41) is 3.52. The van der Waals surface area contributed by atoms with Crippen molar-refractivity contribution < 1.29 is 4.42 Å². The summed E-state index contributed by atoms with van der Waals surface area (Å²) in [6.07, 6.45) is 14.2. The molecule has 0 amide bonds. The van der Waals surface area contributed by atoms with Gasteiger partial charge in [-0.25, -0.2) is 4.98 Å². The molecule has 110 valence electrons. The van der Waals surface area contributed by atoms with E-state index in [-0.39, 0.29) is 5.54 Å². The highest BCUT2D eigenvalue weighted by molar-refractivity contribution is 4.97. The zero-order valence-corrected chi connectivity index (χ0v) is 12.9. The van der Waals surface area contributed by atoms with Crippen LogP contribution in [0.4, 0.5) is 0 Å². The van der Waals surface area contributed by atoms with Gasteiger partial charge in [0.05, 0.1) is 11.7 Å². The number of nitrogens with one attached hydrogen (secondary N) is 1. The fourth-order valence-corrected chi connectivity index (χ4v) is 2.27. The van der Waals surface area contributed by atoms with Crippen LogP contribution >= 0.6 is 0 Å². The highest BCUT2D eigenvalue weighted by atomic mass is 16.3. The minimum Gasteiger partial charge on any atom is -0.447 e. The maximum Gasteiger partial charge on any atom is 0.213 e. The second-order valence-corrected chi connectivity index (χ2v) is 5.86. The molecule has 0 aliphatic heterocycles. The first-order valence-corrected chi connectivity index (χ1v) is 7.82. The van der Waals surface area contributed by atoms with Gasteiger partial charge in [-0.2, -0.15) is 0 Å². The lowest BCUT2D eigenvalue weighted by molar-refractivity contribution is 0.305. The van der Waals surface area contributed by atoms with E-state index in [1.165, 1.54) is 51.4 Å². The van der Waals surface area contributed by atoms with E-state index in [0.29, 0.717) is 0 Å². The summed E-state index contributed by atoms with van der Waals surface area (Å²) in [5.41, 5.74) is -0.162. The van der Waals surface area contributed by atoms with E-state index >= 15 is 0 Å². The van der Waals surface area contributed by atoms with Crippen LogP contribution < -0.4 is 5.32 Å². The topological polar surface area (TPSA) is 38.1 Å². The van der Waals surface area contributed by atoms with Crippen LogP contribution in [0.1, 0.15) is 78.0 Å². The van der Waals surface area contributed by atoms with E-state index in [1.807, 2.05) is 0 Å². The largest absolute Gasteiger partial charge is 0.447 e. The third kappa shape index (κ3) is 6.76. The molecule has 1 aromatic heterocycles. The predicted octanol–water partition coefficient (Wildman–Crippen LogP) is 4.64. The molecule has 0 atom stereocenters. The van der Waals surface area contributed by atoms with Crippen LogP contribution in [0.25, 0.3) is 0 Å². The minimum atomic E-state index is -0.162. The van der Waals surface area contributed by atoms with Gasteiger partial charge in [-0.1, -0.05) is 51.9 Å². The number of rotatable bonds is 11. The van der Waals surface area contributed by atoms with E-state index in [9.17, 15) is 0 Å². The lowest BCUT2D eigenvalue weighted by Gasteiger charge is -2.22. The van der Waals surface area contributed by atoms with E-state index in [4.69, 9.17) is 4.42 Å². The first-order chi connectivity index (χ1) is 9.17. The van der Waals surface area contributed by atoms with Crippen molar-refractivity contribution in [3.63, 3.8) is 0 Å². The Morgan fingerprint density at radius 3 is 2.26 bits per heavy atom. The molecule has 3 nitrogen and oxygen atoms in total. The summed E-state index contributed by atoms with van der Waals surface area (Å²) in [4.78, 5) is 4.22. The SMILES string of the molecule is CCCCCCCCCCNC(C)(C)c1ncco1. The van der Waals surface area contributed by atoms with Gasteiger partial charge in [0.1, 0.15) is 6.26 Å². The van der Waals surface area contributed by atoms with Crippen LogP contribution in [0, 0.1) is 0 Å². The van der Waals surface area contributed by atoms with Gasteiger partial charge in [0.2, 0.25) is 5.89 Å². The average molecular weight is 266 g/mol. The molecule has 0 saturated carbocycles. The van der Waals surface area contributed by atoms with E-state index in [2.05, 4.69) is 31.1 Å². The number of hydrogen-bond acceptors (Lipinski definition) is 3. The van der Waals surface area contributed by atoms with Crippen LogP contribution in [0.3, 0.4) is 0 Å². The second kappa shape index (κ2) is 9.13. The molecule has 0 aromatic carbocycles. The molecule has 0 aliphatic rings. The van der Waals surface area contributed by atoms with Gasteiger partial charge in [0.15, 0.2) is 0 Å². The van der Waals surface area contributed by atoms with Crippen molar-refractivity contribution in [2.45, 2.75) is 77.7 Å². The fourth-order valence-electron chi connectivity index (χ4n) is 2.27. The van der Waals surface area contributed by atoms with Crippen molar-refractivity contribution in [1.82, 2.24) is 10.3 Å². The second-order valence-electron chi connectivity index (χ2n) is 5.86. The highest BCUT2D eigenvalue weighted by Crippen LogP contribution is 2.17. The zero-order valence-electron chi connectivity index (χ0n) is 12.9. The van der Waals surface area contributed by atoms with Gasteiger partial charge in [-0.3, -0.25) is 0 Å². The maximum atomic E-state index is 5.36. The normalized spacial score (nSPS) is 11.9. The van der Waals surface area contributed by atoms with Crippen molar-refractivity contribution >= 4 is 0 Å². The van der Waals surface area contributed by atoms with E-state index in [0.717, 1.165) is 12.4 Å².